The van der Waals surface area contributed by atoms with Crippen molar-refractivity contribution in [1.29, 1.82) is 0 Å². The lowest BCUT2D eigenvalue weighted by atomic mass is 9.94. The van der Waals surface area contributed by atoms with Gasteiger partial charge in [0.15, 0.2) is 0 Å². The average Bonchev–Trinajstić information content (AvgIpc) is 2.84. The van der Waals surface area contributed by atoms with Crippen molar-refractivity contribution in [3.05, 3.63) is 11.9 Å². The molecule has 0 spiro atoms. The van der Waals surface area contributed by atoms with Crippen molar-refractivity contribution in [3.8, 4) is 0 Å². The van der Waals surface area contributed by atoms with E-state index >= 15 is 0 Å². The smallest absolute Gasteiger partial charge is 0.203 e. The number of nitrogens with zero attached hydrogens (tertiary/aromatic N) is 2. The van der Waals surface area contributed by atoms with E-state index in [1.807, 2.05) is 0 Å². The van der Waals surface area contributed by atoms with Crippen molar-refractivity contribution < 1.29 is 0 Å². The molecule has 1 fully saturated rings. The average molecular weight is 263 g/mol. The Morgan fingerprint density at radius 2 is 2.16 bits per heavy atom. The number of hydrogen-bond donors (Lipinski definition) is 1. The van der Waals surface area contributed by atoms with E-state index < -0.39 is 0 Å². The molecule has 0 saturated heterocycles. The minimum atomic E-state index is 0.595. The van der Waals surface area contributed by atoms with Gasteiger partial charge in [-0.25, -0.2) is 4.98 Å². The van der Waals surface area contributed by atoms with Crippen molar-refractivity contribution in [2.45, 2.75) is 66.5 Å². The van der Waals surface area contributed by atoms with Crippen LogP contribution in [0.4, 0.5) is 5.95 Å². The van der Waals surface area contributed by atoms with Gasteiger partial charge in [-0.2, -0.15) is 0 Å². The molecule has 1 aromatic heterocycles. The van der Waals surface area contributed by atoms with Crippen molar-refractivity contribution >= 4 is 5.95 Å². The van der Waals surface area contributed by atoms with Crippen LogP contribution in [-0.4, -0.2) is 15.6 Å². The minimum absolute atomic E-state index is 0.595. The van der Waals surface area contributed by atoms with Crippen LogP contribution in [0.25, 0.3) is 0 Å². The summed E-state index contributed by atoms with van der Waals surface area (Å²) < 4.78 is 2.28. The van der Waals surface area contributed by atoms with Gasteiger partial charge in [0.1, 0.15) is 0 Å². The predicted octanol–water partition coefficient (Wildman–Crippen LogP) is 4.08. The molecule has 2 rings (SSSR count). The maximum atomic E-state index is 4.66. The quantitative estimate of drug-likeness (QED) is 0.867. The number of hydrogen-bond acceptors (Lipinski definition) is 2. The summed E-state index contributed by atoms with van der Waals surface area (Å²) in [5.74, 6) is 3.36. The fraction of sp³-hybridized carbons (Fsp3) is 0.812. The molecular weight excluding hydrogens is 234 g/mol. The highest BCUT2D eigenvalue weighted by Crippen LogP contribution is 2.35. The molecule has 3 atom stereocenters. The van der Waals surface area contributed by atoms with E-state index in [0.717, 1.165) is 30.0 Å². The predicted molar refractivity (Wildman–Crippen MR) is 81.4 cm³/mol. The molecule has 3 heteroatoms. The first-order valence-electron chi connectivity index (χ1n) is 7.81. The molecule has 0 bridgehead atoms. The SMILES string of the molecule is CCC1CCC(Nc2nc(C)cn2CC(C)C)C1C. The van der Waals surface area contributed by atoms with Gasteiger partial charge in [0.05, 0.1) is 5.69 Å². The minimum Gasteiger partial charge on any atom is -0.353 e. The lowest BCUT2D eigenvalue weighted by Gasteiger charge is -2.22. The molecule has 1 saturated carbocycles. The molecule has 3 nitrogen and oxygen atoms in total. The van der Waals surface area contributed by atoms with Gasteiger partial charge in [0, 0.05) is 18.8 Å². The van der Waals surface area contributed by atoms with E-state index in [2.05, 4.69) is 55.7 Å². The number of anilines is 1. The van der Waals surface area contributed by atoms with Gasteiger partial charge in [-0.15, -0.1) is 0 Å². The lowest BCUT2D eigenvalue weighted by molar-refractivity contribution is 0.390. The second-order valence-corrected chi connectivity index (χ2v) is 6.61. The maximum Gasteiger partial charge on any atom is 0.203 e. The molecule has 1 aliphatic carbocycles. The Morgan fingerprint density at radius 3 is 2.74 bits per heavy atom. The number of imidazole rings is 1. The van der Waals surface area contributed by atoms with Gasteiger partial charge < -0.3 is 9.88 Å². The van der Waals surface area contributed by atoms with Crippen LogP contribution in [0.3, 0.4) is 0 Å². The van der Waals surface area contributed by atoms with Crippen LogP contribution in [-0.2, 0) is 6.54 Å². The monoisotopic (exact) mass is 263 g/mol. The van der Waals surface area contributed by atoms with Crippen molar-refractivity contribution in [3.63, 3.8) is 0 Å². The molecular formula is C16H29N3. The molecule has 1 aromatic rings. The molecule has 0 radical (unpaired) electrons. The molecule has 1 aliphatic rings. The Balaban J connectivity index is 2.07. The van der Waals surface area contributed by atoms with Crippen LogP contribution in [0.5, 0.6) is 0 Å². The van der Waals surface area contributed by atoms with E-state index in [9.17, 15) is 0 Å². The zero-order valence-corrected chi connectivity index (χ0v) is 13.1. The molecule has 3 unspecified atom stereocenters. The van der Waals surface area contributed by atoms with Gasteiger partial charge in [0.25, 0.3) is 0 Å². The summed E-state index contributed by atoms with van der Waals surface area (Å²) in [5, 5.41) is 3.70. The van der Waals surface area contributed by atoms with E-state index in [1.54, 1.807) is 0 Å². The molecule has 0 aliphatic heterocycles. The Hall–Kier alpha value is -0.990. The molecule has 0 aromatic carbocycles. The zero-order chi connectivity index (χ0) is 14.0. The van der Waals surface area contributed by atoms with Crippen LogP contribution >= 0.6 is 0 Å². The topological polar surface area (TPSA) is 29.9 Å². The maximum absolute atomic E-state index is 4.66. The third-order valence-electron chi connectivity index (χ3n) is 4.52. The van der Waals surface area contributed by atoms with Crippen LogP contribution in [0.2, 0.25) is 0 Å². The molecule has 19 heavy (non-hydrogen) atoms. The van der Waals surface area contributed by atoms with Gasteiger partial charge in [-0.1, -0.05) is 34.1 Å². The first-order valence-corrected chi connectivity index (χ1v) is 7.81. The standard InChI is InChI=1S/C16H29N3/c1-6-14-7-8-15(13(14)5)18-16-17-12(4)10-19(16)9-11(2)3/h10-11,13-15H,6-9H2,1-5H3,(H,17,18). The molecule has 1 heterocycles. The third kappa shape index (κ3) is 3.31. The Morgan fingerprint density at radius 1 is 1.42 bits per heavy atom. The highest BCUT2D eigenvalue weighted by molar-refractivity contribution is 5.31. The Labute approximate surface area is 117 Å². The Bertz CT molecular complexity index is 408. The van der Waals surface area contributed by atoms with E-state index in [0.29, 0.717) is 12.0 Å². The summed E-state index contributed by atoms with van der Waals surface area (Å²) in [6.07, 6.45) is 6.12. The van der Waals surface area contributed by atoms with E-state index in [-0.39, 0.29) is 0 Å². The number of nitrogens with one attached hydrogen (secondary N) is 1. The van der Waals surface area contributed by atoms with Gasteiger partial charge in [-0.05, 0) is 37.5 Å². The highest BCUT2D eigenvalue weighted by atomic mass is 15.2. The van der Waals surface area contributed by atoms with E-state index in [4.69, 9.17) is 0 Å². The zero-order valence-electron chi connectivity index (χ0n) is 13.1. The van der Waals surface area contributed by atoms with Gasteiger partial charge in [0.2, 0.25) is 5.95 Å². The Kier molecular flexibility index (Phi) is 4.54. The largest absolute Gasteiger partial charge is 0.353 e. The number of rotatable bonds is 5. The molecule has 1 N–H and O–H groups in total. The number of aryl methyl sites for hydroxylation is 1. The highest BCUT2D eigenvalue weighted by Gasteiger charge is 2.32. The summed E-state index contributed by atoms with van der Waals surface area (Å²) in [6, 6.07) is 0.595. The summed E-state index contributed by atoms with van der Waals surface area (Å²) >= 11 is 0. The third-order valence-corrected chi connectivity index (χ3v) is 4.52. The second-order valence-electron chi connectivity index (χ2n) is 6.61. The van der Waals surface area contributed by atoms with Crippen LogP contribution in [0, 0.1) is 24.7 Å². The van der Waals surface area contributed by atoms with Gasteiger partial charge >= 0.3 is 0 Å². The first-order chi connectivity index (χ1) is 9.01. The van der Waals surface area contributed by atoms with Gasteiger partial charge in [-0.3, -0.25) is 0 Å². The second kappa shape index (κ2) is 5.98. The molecule has 108 valence electrons. The van der Waals surface area contributed by atoms with Crippen LogP contribution in [0.15, 0.2) is 6.20 Å². The first kappa shape index (κ1) is 14.4. The van der Waals surface area contributed by atoms with Crippen LogP contribution < -0.4 is 5.32 Å². The van der Waals surface area contributed by atoms with E-state index in [1.165, 1.54) is 19.3 Å². The fourth-order valence-electron chi connectivity index (χ4n) is 3.39. The van der Waals surface area contributed by atoms with Crippen LogP contribution in [0.1, 0.15) is 52.7 Å². The summed E-state index contributed by atoms with van der Waals surface area (Å²) in [7, 11) is 0. The normalized spacial score (nSPS) is 27.2. The summed E-state index contributed by atoms with van der Waals surface area (Å²) in [6.45, 7) is 12.3. The number of aromatic nitrogens is 2. The fourth-order valence-corrected chi connectivity index (χ4v) is 3.39. The lowest BCUT2D eigenvalue weighted by Crippen LogP contribution is -2.26. The summed E-state index contributed by atoms with van der Waals surface area (Å²) in [5.41, 5.74) is 1.11. The van der Waals surface area contributed by atoms with Crippen molar-refractivity contribution in [1.82, 2.24) is 9.55 Å². The molecule has 0 amide bonds. The van der Waals surface area contributed by atoms with Crippen molar-refractivity contribution in [2.75, 3.05) is 5.32 Å². The van der Waals surface area contributed by atoms with Crippen molar-refractivity contribution in [2.24, 2.45) is 17.8 Å². The summed E-state index contributed by atoms with van der Waals surface area (Å²) in [4.78, 5) is 4.66.